The van der Waals surface area contributed by atoms with Crippen LogP contribution < -0.4 is 18.9 Å². The summed E-state index contributed by atoms with van der Waals surface area (Å²) in [5.74, 6) is 0.881. The van der Waals surface area contributed by atoms with Gasteiger partial charge in [-0.3, -0.25) is 0 Å². The van der Waals surface area contributed by atoms with E-state index in [1.165, 1.54) is 0 Å². The van der Waals surface area contributed by atoms with E-state index in [0.29, 0.717) is 0 Å². The molecule has 0 saturated heterocycles. The molecule has 3 heteroatoms. The molecule has 0 saturated carbocycles. The smallest absolute Gasteiger partial charge is 0.595 e. The van der Waals surface area contributed by atoms with Gasteiger partial charge in [-0.05, 0) is 0 Å². The van der Waals surface area contributed by atoms with Crippen LogP contribution in [0.1, 0.15) is 5.76 Å². The first-order valence-electron chi connectivity index (χ1n) is 1.92. The Morgan fingerprint density at radius 2 is 2.38 bits per heavy atom. The first kappa shape index (κ1) is 8.36. The van der Waals surface area contributed by atoms with Crippen LogP contribution in [-0.2, 0) is 0 Å². The molecule has 8 heavy (non-hydrogen) atoms. The van der Waals surface area contributed by atoms with Crippen molar-refractivity contribution in [2.75, 3.05) is 0 Å². The molecule has 38 valence electrons. The molecule has 1 rings (SSSR count). The van der Waals surface area contributed by atoms with Crippen LogP contribution in [0.3, 0.4) is 0 Å². The molecule has 0 unspecified atom stereocenters. The summed E-state index contributed by atoms with van der Waals surface area (Å²) in [5.41, 5.74) is 0. The molecule has 1 nitrogen and oxygen atoms in total. The van der Waals surface area contributed by atoms with Crippen molar-refractivity contribution in [3.63, 3.8) is 0 Å². The van der Waals surface area contributed by atoms with Gasteiger partial charge in [0.15, 0.2) is 0 Å². The van der Waals surface area contributed by atoms with Crippen LogP contribution in [0.5, 0.6) is 0 Å². The van der Waals surface area contributed by atoms with E-state index < -0.39 is 0 Å². The molecule has 0 aliphatic carbocycles. The molecule has 0 aliphatic rings. The van der Waals surface area contributed by atoms with Crippen LogP contribution in [-0.4, -0.2) is 0 Å². The normalized spacial score (nSPS) is 8.25. The second-order valence-corrected chi connectivity index (χ2v) is 2.16. The Kier molecular flexibility index (Phi) is 3.55. The maximum absolute atomic E-state index is 4.79. The monoisotopic (exact) mass is 166 g/mol. The van der Waals surface area contributed by atoms with Gasteiger partial charge >= 0.3 is 18.9 Å². The van der Waals surface area contributed by atoms with Crippen molar-refractivity contribution in [2.45, 2.75) is 6.92 Å². The van der Waals surface area contributed by atoms with Gasteiger partial charge in [0.2, 0.25) is 0 Å². The summed E-state index contributed by atoms with van der Waals surface area (Å²) in [5, 5.41) is 0. The molecule has 0 aliphatic heterocycles. The molecular formula is C5H4BrLiO. The second kappa shape index (κ2) is 3.40. The number of aryl methyl sites for hydroxylation is 1. The minimum Gasteiger partial charge on any atom is -0.595 e. The average molecular weight is 167 g/mol. The van der Waals surface area contributed by atoms with Crippen LogP contribution in [0, 0.1) is 13.2 Å². The molecule has 0 atom stereocenters. The third kappa shape index (κ3) is 2.08. The molecular weight excluding hydrogens is 163 g/mol. The van der Waals surface area contributed by atoms with Crippen LogP contribution >= 0.6 is 15.9 Å². The van der Waals surface area contributed by atoms with Gasteiger partial charge in [0, 0.05) is 6.26 Å². The van der Waals surface area contributed by atoms with Gasteiger partial charge in [-0.2, -0.15) is 6.07 Å². The van der Waals surface area contributed by atoms with Gasteiger partial charge in [0.05, 0.1) is 0 Å². The summed E-state index contributed by atoms with van der Waals surface area (Å²) < 4.78 is 5.67. The number of hydrogen-bond donors (Lipinski definition) is 0. The van der Waals surface area contributed by atoms with Gasteiger partial charge in [0.1, 0.15) is 0 Å². The van der Waals surface area contributed by atoms with E-state index in [2.05, 4.69) is 22.2 Å². The Labute approximate surface area is 68.8 Å². The van der Waals surface area contributed by atoms with E-state index in [1.54, 1.807) is 0 Å². The molecule has 0 aromatic carbocycles. The van der Waals surface area contributed by atoms with Crippen molar-refractivity contribution in [2.24, 2.45) is 0 Å². The number of halogens is 1. The maximum atomic E-state index is 4.79. The summed E-state index contributed by atoms with van der Waals surface area (Å²) >= 11 is 3.18. The topological polar surface area (TPSA) is 13.1 Å². The first-order chi connectivity index (χ1) is 3.29. The fourth-order valence-corrected chi connectivity index (χ4v) is 0.770. The summed E-state index contributed by atoms with van der Waals surface area (Å²) in [7, 11) is 0. The van der Waals surface area contributed by atoms with Crippen molar-refractivity contribution in [3.8, 4) is 0 Å². The van der Waals surface area contributed by atoms with E-state index in [-0.39, 0.29) is 18.9 Å². The fourth-order valence-electron chi connectivity index (χ4n) is 0.367. The summed E-state index contributed by atoms with van der Waals surface area (Å²) in [6.07, 6.45) is 2.61. The predicted molar refractivity (Wildman–Crippen MR) is 30.0 cm³/mol. The van der Waals surface area contributed by atoms with E-state index in [4.69, 9.17) is 4.42 Å². The summed E-state index contributed by atoms with van der Waals surface area (Å²) in [6, 6.07) is 1.86. The van der Waals surface area contributed by atoms with Crippen molar-refractivity contribution < 1.29 is 23.3 Å². The Morgan fingerprint density at radius 3 is 2.50 bits per heavy atom. The Hall–Kier alpha value is 0.357. The fraction of sp³-hybridized carbons (Fsp3) is 0.200. The van der Waals surface area contributed by atoms with Crippen molar-refractivity contribution in [1.82, 2.24) is 0 Å². The minimum atomic E-state index is 0. The Balaban J connectivity index is 0.000000490. The predicted octanol–water partition coefficient (Wildman–Crippen LogP) is -0.845. The quantitative estimate of drug-likeness (QED) is 0.362. The van der Waals surface area contributed by atoms with E-state index in [1.807, 2.05) is 13.0 Å². The van der Waals surface area contributed by atoms with Gasteiger partial charge in [0.25, 0.3) is 0 Å². The van der Waals surface area contributed by atoms with Crippen molar-refractivity contribution in [3.05, 3.63) is 22.6 Å². The summed E-state index contributed by atoms with van der Waals surface area (Å²) in [4.78, 5) is 0. The molecule has 0 radical (unpaired) electrons. The number of hydrogen-bond acceptors (Lipinski definition) is 1. The van der Waals surface area contributed by atoms with E-state index in [9.17, 15) is 0 Å². The Morgan fingerprint density at radius 1 is 1.75 bits per heavy atom. The molecule has 0 spiro atoms. The molecule has 0 fully saturated rings. The first-order valence-corrected chi connectivity index (χ1v) is 2.72. The standard InChI is InChI=1S/C5H4BrO.Li/c1-4-2-5(6)3-7-4;/h2H,1H3;/q-1;+1. The maximum Gasteiger partial charge on any atom is 1.00 e. The number of rotatable bonds is 0. The van der Waals surface area contributed by atoms with Gasteiger partial charge in [-0.1, -0.05) is 33.1 Å². The molecule has 1 aromatic heterocycles. The zero-order chi connectivity index (χ0) is 5.28. The molecule has 1 aromatic rings. The summed E-state index contributed by atoms with van der Waals surface area (Å²) in [6.45, 7) is 1.88. The molecule has 0 bridgehead atoms. The van der Waals surface area contributed by atoms with Gasteiger partial charge in [-0.15, -0.1) is 0 Å². The van der Waals surface area contributed by atoms with Crippen molar-refractivity contribution in [1.29, 1.82) is 0 Å². The van der Waals surface area contributed by atoms with Crippen LogP contribution in [0.2, 0.25) is 0 Å². The van der Waals surface area contributed by atoms with Crippen LogP contribution in [0.25, 0.3) is 0 Å². The zero-order valence-corrected chi connectivity index (χ0v) is 6.45. The van der Waals surface area contributed by atoms with Gasteiger partial charge in [-0.25, -0.2) is 0 Å². The molecule has 0 N–H and O–H groups in total. The van der Waals surface area contributed by atoms with Gasteiger partial charge < -0.3 is 4.42 Å². The minimum absolute atomic E-state index is 0. The second-order valence-electron chi connectivity index (χ2n) is 1.31. The van der Waals surface area contributed by atoms with Crippen LogP contribution in [0.15, 0.2) is 15.0 Å². The van der Waals surface area contributed by atoms with Crippen molar-refractivity contribution >= 4 is 15.9 Å². The molecule has 1 heterocycles. The molecule has 0 amide bonds. The number of furan rings is 1. The average Bonchev–Trinajstić information content (AvgIpc) is 1.87. The third-order valence-electron chi connectivity index (χ3n) is 0.640. The van der Waals surface area contributed by atoms with E-state index >= 15 is 0 Å². The Bertz CT molecular complexity index is 145. The SMILES string of the molecule is Cc1cc(Br)[c-]o1.[Li+]. The van der Waals surface area contributed by atoms with E-state index in [0.717, 1.165) is 10.2 Å². The zero-order valence-electron chi connectivity index (χ0n) is 4.86. The van der Waals surface area contributed by atoms with Crippen LogP contribution in [0.4, 0.5) is 0 Å². The largest absolute Gasteiger partial charge is 1.00 e. The third-order valence-corrected chi connectivity index (χ3v) is 1.03.